The van der Waals surface area contributed by atoms with Gasteiger partial charge in [-0.05, 0) is 25.0 Å². The number of benzene rings is 1. The monoisotopic (exact) mass is 549 g/mol. The number of sulfonamides is 1. The molecule has 0 unspecified atom stereocenters. The van der Waals surface area contributed by atoms with Gasteiger partial charge < -0.3 is 38.2 Å². The number of rotatable bonds is 11. The van der Waals surface area contributed by atoms with E-state index in [4.69, 9.17) is 23.1 Å². The molecule has 1 aromatic heterocycles. The third-order valence-electron chi connectivity index (χ3n) is 4.66. The first-order chi connectivity index (χ1) is 14.5. The number of nitrogens with two attached hydrogens (primary N) is 2. The van der Waals surface area contributed by atoms with Gasteiger partial charge in [-0.25, -0.2) is 23.1 Å². The van der Waals surface area contributed by atoms with Crippen LogP contribution in [-0.4, -0.2) is 69.1 Å². The number of carbonyl (C=O) groups is 1. The second kappa shape index (κ2) is 12.3. The number of hydrogen-bond donors (Lipinski definition) is 4. The lowest BCUT2D eigenvalue weighted by Crippen LogP contribution is -3.00. The Hall–Kier alpha value is -1.99. The Labute approximate surface area is 204 Å². The number of nitrogen functional groups attached to an aromatic ring is 2. The molecule has 0 spiro atoms. The highest BCUT2D eigenvalue weighted by Gasteiger charge is 2.19. The second-order valence-corrected chi connectivity index (χ2v) is 9.82. The molecular formula is C19H29BrClN7O3S. The molecule has 178 valence electrons. The average molecular weight is 551 g/mol. The summed E-state index contributed by atoms with van der Waals surface area (Å²) in [5.74, 6) is -0.576. The third-order valence-corrected chi connectivity index (χ3v) is 6.41. The van der Waals surface area contributed by atoms with Crippen LogP contribution in [0.3, 0.4) is 0 Å². The van der Waals surface area contributed by atoms with E-state index in [-0.39, 0.29) is 44.4 Å². The number of aromatic nitrogens is 2. The zero-order chi connectivity index (χ0) is 23.1. The fraction of sp³-hybridized carbons (Fsp3) is 0.421. The second-order valence-electron chi connectivity index (χ2n) is 7.69. The summed E-state index contributed by atoms with van der Waals surface area (Å²) in [6.07, 6.45) is 1.53. The molecule has 6 N–H and O–H groups in total. The highest BCUT2D eigenvalue weighted by atomic mass is 79.9. The number of likely N-dealkylation sites (N-methyl/N-ethyl adjacent to an activating group) is 1. The van der Waals surface area contributed by atoms with Crippen LogP contribution in [-0.2, 0) is 10.0 Å². The molecule has 0 aliphatic rings. The summed E-state index contributed by atoms with van der Waals surface area (Å²) in [6.45, 7) is 2.25. The molecule has 0 aliphatic heterocycles. The molecular weight excluding hydrogens is 522 g/mol. The van der Waals surface area contributed by atoms with Gasteiger partial charge in [-0.1, -0.05) is 29.8 Å². The lowest BCUT2D eigenvalue weighted by Gasteiger charge is -2.30. The minimum Gasteiger partial charge on any atom is -1.00 e. The molecule has 10 nitrogen and oxygen atoms in total. The van der Waals surface area contributed by atoms with Crippen molar-refractivity contribution in [2.45, 2.75) is 17.7 Å². The normalized spacial score (nSPS) is 11.6. The SMILES string of the molecule is C[N+](C)(CCCCNS(=O)(=O)c1ccccc1)CCNC(=O)c1nc(Cl)c(N)nc1N.[Br-]. The van der Waals surface area contributed by atoms with Crippen LogP contribution in [0, 0.1) is 0 Å². The van der Waals surface area contributed by atoms with Crippen molar-refractivity contribution in [2.75, 3.05) is 51.7 Å². The molecule has 0 saturated heterocycles. The number of nitrogens with zero attached hydrogens (tertiary/aromatic N) is 3. The van der Waals surface area contributed by atoms with E-state index in [0.29, 0.717) is 30.5 Å². The van der Waals surface area contributed by atoms with Crippen LogP contribution in [0.1, 0.15) is 23.3 Å². The molecule has 0 radical (unpaired) electrons. The standard InChI is InChI=1S/C19H28ClN7O3S.BrH/c1-27(2,12-7-6-10-24-31(29,30)14-8-4-3-5-9-14)13-11-23-19(28)15-17(21)26-18(22)16(20)25-15;/h3-5,8-9,24H,6-7,10-13H2,1-2H3,(H4-,21,22,23,26,28);1H. The zero-order valence-corrected chi connectivity index (χ0v) is 21.2. The molecule has 2 rings (SSSR count). The molecule has 0 aliphatic carbocycles. The Kier molecular flexibility index (Phi) is 10.8. The number of unbranched alkanes of at least 4 members (excludes halogenated alkanes) is 1. The third kappa shape index (κ3) is 8.51. The predicted molar refractivity (Wildman–Crippen MR) is 121 cm³/mol. The Morgan fingerprint density at radius 3 is 2.34 bits per heavy atom. The van der Waals surface area contributed by atoms with Gasteiger partial charge in [-0.2, -0.15) is 0 Å². The van der Waals surface area contributed by atoms with E-state index in [1.807, 2.05) is 14.1 Å². The van der Waals surface area contributed by atoms with E-state index in [1.54, 1.807) is 30.3 Å². The van der Waals surface area contributed by atoms with Crippen LogP contribution in [0.4, 0.5) is 11.6 Å². The summed E-state index contributed by atoms with van der Waals surface area (Å²) in [6, 6.07) is 8.28. The molecule has 0 saturated carbocycles. The maximum absolute atomic E-state index is 12.3. The van der Waals surface area contributed by atoms with E-state index in [1.165, 1.54) is 0 Å². The fourth-order valence-electron chi connectivity index (χ4n) is 2.83. The van der Waals surface area contributed by atoms with Gasteiger partial charge in [0.15, 0.2) is 22.5 Å². The van der Waals surface area contributed by atoms with Crippen molar-refractivity contribution in [3.05, 3.63) is 41.2 Å². The quantitative estimate of drug-likeness (QED) is 0.184. The first-order valence-electron chi connectivity index (χ1n) is 9.75. The van der Waals surface area contributed by atoms with Gasteiger partial charge in [-0.3, -0.25) is 4.79 Å². The Morgan fingerprint density at radius 1 is 1.03 bits per heavy atom. The van der Waals surface area contributed by atoms with Crippen LogP contribution in [0.15, 0.2) is 35.2 Å². The number of anilines is 2. The molecule has 1 amide bonds. The van der Waals surface area contributed by atoms with Gasteiger partial charge in [0.1, 0.15) is 0 Å². The van der Waals surface area contributed by atoms with E-state index in [0.717, 1.165) is 13.0 Å². The summed E-state index contributed by atoms with van der Waals surface area (Å²) in [5.41, 5.74) is 11.1. The summed E-state index contributed by atoms with van der Waals surface area (Å²) >= 11 is 5.80. The highest BCUT2D eigenvalue weighted by molar-refractivity contribution is 7.89. The van der Waals surface area contributed by atoms with E-state index < -0.39 is 15.9 Å². The van der Waals surface area contributed by atoms with Crippen molar-refractivity contribution in [1.82, 2.24) is 20.0 Å². The van der Waals surface area contributed by atoms with Crippen molar-refractivity contribution < 1.29 is 34.7 Å². The molecule has 0 bridgehead atoms. The minimum absolute atomic E-state index is 0. The van der Waals surface area contributed by atoms with Crippen LogP contribution in [0.5, 0.6) is 0 Å². The maximum atomic E-state index is 12.3. The van der Waals surface area contributed by atoms with Crippen molar-refractivity contribution >= 4 is 39.2 Å². The first kappa shape index (κ1) is 28.0. The summed E-state index contributed by atoms with van der Waals surface area (Å²) < 4.78 is 27.6. The number of nitrogens with one attached hydrogen (secondary N) is 2. The molecule has 2 aromatic rings. The topological polar surface area (TPSA) is 153 Å². The van der Waals surface area contributed by atoms with Crippen molar-refractivity contribution in [2.24, 2.45) is 0 Å². The van der Waals surface area contributed by atoms with Crippen molar-refractivity contribution in [3.8, 4) is 0 Å². The van der Waals surface area contributed by atoms with Crippen LogP contribution >= 0.6 is 11.6 Å². The van der Waals surface area contributed by atoms with Crippen molar-refractivity contribution in [1.29, 1.82) is 0 Å². The molecule has 32 heavy (non-hydrogen) atoms. The summed E-state index contributed by atoms with van der Waals surface area (Å²) in [5, 5.41) is 2.68. The van der Waals surface area contributed by atoms with Gasteiger partial charge in [0.25, 0.3) is 5.91 Å². The number of amides is 1. The first-order valence-corrected chi connectivity index (χ1v) is 11.6. The Morgan fingerprint density at radius 2 is 1.69 bits per heavy atom. The lowest BCUT2D eigenvalue weighted by molar-refractivity contribution is -0.889. The number of hydrogen-bond acceptors (Lipinski definition) is 7. The number of halogens is 2. The van der Waals surface area contributed by atoms with E-state index >= 15 is 0 Å². The van der Waals surface area contributed by atoms with Gasteiger partial charge in [-0.15, -0.1) is 0 Å². The van der Waals surface area contributed by atoms with E-state index in [9.17, 15) is 13.2 Å². The average Bonchev–Trinajstić information content (AvgIpc) is 2.70. The van der Waals surface area contributed by atoms with E-state index in [2.05, 4.69) is 20.0 Å². The zero-order valence-electron chi connectivity index (χ0n) is 18.0. The van der Waals surface area contributed by atoms with Gasteiger partial charge >= 0.3 is 0 Å². The fourth-order valence-corrected chi connectivity index (χ4v) is 4.05. The largest absolute Gasteiger partial charge is 1.00 e. The molecule has 1 aromatic carbocycles. The van der Waals surface area contributed by atoms with Crippen LogP contribution in [0.25, 0.3) is 0 Å². The number of carbonyl (C=O) groups excluding carboxylic acids is 1. The van der Waals surface area contributed by atoms with Gasteiger partial charge in [0.05, 0.1) is 38.6 Å². The van der Waals surface area contributed by atoms with Gasteiger partial charge in [0, 0.05) is 6.54 Å². The summed E-state index contributed by atoms with van der Waals surface area (Å²) in [4.78, 5) is 20.2. The molecule has 1 heterocycles. The molecule has 0 atom stereocenters. The smallest absolute Gasteiger partial charge is 0.273 e. The minimum atomic E-state index is -3.48. The van der Waals surface area contributed by atoms with Crippen LogP contribution in [0.2, 0.25) is 5.15 Å². The molecule has 13 heteroatoms. The van der Waals surface area contributed by atoms with Crippen LogP contribution < -0.4 is 38.5 Å². The Balaban J connectivity index is 0.00000512. The Bertz CT molecular complexity index is 1010. The lowest BCUT2D eigenvalue weighted by atomic mass is 10.2. The predicted octanol–water partition coefficient (Wildman–Crippen LogP) is -2.14. The van der Waals surface area contributed by atoms with Gasteiger partial charge in [0.2, 0.25) is 10.0 Å². The number of quaternary nitrogens is 1. The maximum Gasteiger partial charge on any atom is 0.273 e. The van der Waals surface area contributed by atoms with Crippen molar-refractivity contribution in [3.63, 3.8) is 0 Å². The summed E-state index contributed by atoms with van der Waals surface area (Å²) in [7, 11) is 0.596. The highest BCUT2D eigenvalue weighted by Crippen LogP contribution is 2.17. The molecule has 0 fully saturated rings.